The maximum Gasteiger partial charge on any atom is 0.123 e. The largest absolute Gasteiger partial charge is 0.384 e. The number of methoxy groups -OCH3 is 1. The Morgan fingerprint density at radius 2 is 2.33 bits per heavy atom. The molecule has 1 aliphatic rings. The zero-order chi connectivity index (χ0) is 13.1. The second kappa shape index (κ2) is 5.67. The van der Waals surface area contributed by atoms with E-state index in [2.05, 4.69) is 4.90 Å². The van der Waals surface area contributed by atoms with E-state index in [0.717, 1.165) is 37.4 Å². The average Bonchev–Trinajstić information content (AvgIpc) is 2.78. The average molecular weight is 252 g/mol. The van der Waals surface area contributed by atoms with E-state index in [0.29, 0.717) is 5.92 Å². The molecule has 0 spiro atoms. The maximum atomic E-state index is 13.3. The van der Waals surface area contributed by atoms with Crippen molar-refractivity contribution in [2.24, 2.45) is 11.7 Å². The SMILES string of the molecule is COCC1CCN(c2ccc(F)cc2[C@H](C)N)C1. The Hall–Kier alpha value is -1.13. The number of nitrogens with zero attached hydrogens (tertiary/aromatic N) is 1. The van der Waals surface area contributed by atoms with Gasteiger partial charge in [0.05, 0.1) is 6.61 Å². The zero-order valence-electron chi connectivity index (χ0n) is 11.0. The van der Waals surface area contributed by atoms with Gasteiger partial charge in [0.1, 0.15) is 5.82 Å². The molecule has 1 aromatic rings. The number of anilines is 1. The Morgan fingerprint density at radius 1 is 1.56 bits per heavy atom. The number of benzene rings is 1. The van der Waals surface area contributed by atoms with Crippen LogP contribution in [0.2, 0.25) is 0 Å². The number of hydrogen-bond acceptors (Lipinski definition) is 3. The molecule has 1 aliphatic heterocycles. The van der Waals surface area contributed by atoms with Crippen molar-refractivity contribution in [3.63, 3.8) is 0 Å². The lowest BCUT2D eigenvalue weighted by atomic mass is 10.1. The van der Waals surface area contributed by atoms with Gasteiger partial charge in [-0.3, -0.25) is 0 Å². The van der Waals surface area contributed by atoms with Crippen molar-refractivity contribution in [3.8, 4) is 0 Å². The molecule has 3 nitrogen and oxygen atoms in total. The topological polar surface area (TPSA) is 38.5 Å². The molecule has 2 rings (SSSR count). The first kappa shape index (κ1) is 13.3. The molecule has 0 radical (unpaired) electrons. The van der Waals surface area contributed by atoms with Crippen LogP contribution in [-0.2, 0) is 4.74 Å². The molecular formula is C14H21FN2O. The minimum atomic E-state index is -0.223. The lowest BCUT2D eigenvalue weighted by Gasteiger charge is -2.23. The van der Waals surface area contributed by atoms with Crippen molar-refractivity contribution in [2.75, 3.05) is 31.7 Å². The molecule has 1 aromatic carbocycles. The van der Waals surface area contributed by atoms with Crippen LogP contribution in [-0.4, -0.2) is 26.8 Å². The first-order chi connectivity index (χ1) is 8.61. The van der Waals surface area contributed by atoms with Gasteiger partial charge in [0.2, 0.25) is 0 Å². The summed E-state index contributed by atoms with van der Waals surface area (Å²) in [6.07, 6.45) is 1.11. The van der Waals surface area contributed by atoms with Crippen molar-refractivity contribution in [3.05, 3.63) is 29.6 Å². The molecule has 1 saturated heterocycles. The summed E-state index contributed by atoms with van der Waals surface area (Å²) in [6, 6.07) is 4.73. The fourth-order valence-corrected chi connectivity index (χ4v) is 2.60. The fraction of sp³-hybridized carbons (Fsp3) is 0.571. The fourth-order valence-electron chi connectivity index (χ4n) is 2.60. The molecule has 0 aliphatic carbocycles. The molecule has 1 fully saturated rings. The van der Waals surface area contributed by atoms with E-state index in [-0.39, 0.29) is 11.9 Å². The first-order valence-electron chi connectivity index (χ1n) is 6.40. The van der Waals surface area contributed by atoms with Gasteiger partial charge in [-0.05, 0) is 37.1 Å². The van der Waals surface area contributed by atoms with Crippen LogP contribution < -0.4 is 10.6 Å². The van der Waals surface area contributed by atoms with Gasteiger partial charge in [0.25, 0.3) is 0 Å². The normalized spacial score (nSPS) is 21.3. The summed E-state index contributed by atoms with van der Waals surface area (Å²) in [4.78, 5) is 2.28. The number of rotatable bonds is 4. The van der Waals surface area contributed by atoms with Gasteiger partial charge in [0, 0.05) is 37.8 Å². The summed E-state index contributed by atoms with van der Waals surface area (Å²) in [5.74, 6) is 0.333. The lowest BCUT2D eigenvalue weighted by Crippen LogP contribution is -2.23. The van der Waals surface area contributed by atoms with Crippen LogP contribution >= 0.6 is 0 Å². The van der Waals surface area contributed by atoms with Gasteiger partial charge < -0.3 is 15.4 Å². The molecule has 18 heavy (non-hydrogen) atoms. The van der Waals surface area contributed by atoms with Crippen molar-refractivity contribution in [1.29, 1.82) is 0 Å². The van der Waals surface area contributed by atoms with Crippen LogP contribution in [0.15, 0.2) is 18.2 Å². The van der Waals surface area contributed by atoms with E-state index in [1.54, 1.807) is 13.2 Å². The highest BCUT2D eigenvalue weighted by Gasteiger charge is 2.24. The van der Waals surface area contributed by atoms with Crippen molar-refractivity contribution in [1.82, 2.24) is 0 Å². The van der Waals surface area contributed by atoms with Crippen molar-refractivity contribution >= 4 is 5.69 Å². The summed E-state index contributed by atoms with van der Waals surface area (Å²) in [5.41, 5.74) is 7.87. The van der Waals surface area contributed by atoms with Crippen LogP contribution in [0.25, 0.3) is 0 Å². The number of hydrogen-bond donors (Lipinski definition) is 1. The lowest BCUT2D eigenvalue weighted by molar-refractivity contribution is 0.161. The van der Waals surface area contributed by atoms with E-state index in [9.17, 15) is 4.39 Å². The van der Waals surface area contributed by atoms with Crippen molar-refractivity contribution in [2.45, 2.75) is 19.4 Å². The van der Waals surface area contributed by atoms with Gasteiger partial charge in [-0.15, -0.1) is 0 Å². The van der Waals surface area contributed by atoms with E-state index >= 15 is 0 Å². The van der Waals surface area contributed by atoms with Crippen LogP contribution in [0.3, 0.4) is 0 Å². The summed E-state index contributed by atoms with van der Waals surface area (Å²) >= 11 is 0. The number of nitrogens with two attached hydrogens (primary N) is 1. The minimum Gasteiger partial charge on any atom is -0.384 e. The van der Waals surface area contributed by atoms with Gasteiger partial charge >= 0.3 is 0 Å². The second-order valence-corrected chi connectivity index (χ2v) is 5.05. The third-order valence-electron chi connectivity index (χ3n) is 3.51. The highest BCUT2D eigenvalue weighted by molar-refractivity contribution is 5.55. The molecule has 2 atom stereocenters. The number of halogens is 1. The smallest absolute Gasteiger partial charge is 0.123 e. The summed E-state index contributed by atoms with van der Waals surface area (Å²) in [5, 5.41) is 0. The van der Waals surface area contributed by atoms with Gasteiger partial charge in [-0.2, -0.15) is 0 Å². The molecule has 0 bridgehead atoms. The van der Waals surface area contributed by atoms with Gasteiger partial charge in [-0.1, -0.05) is 0 Å². The summed E-state index contributed by atoms with van der Waals surface area (Å²) in [6.45, 7) is 4.62. The second-order valence-electron chi connectivity index (χ2n) is 5.05. The summed E-state index contributed by atoms with van der Waals surface area (Å²) < 4.78 is 18.5. The molecular weight excluding hydrogens is 231 g/mol. The Labute approximate surface area is 108 Å². The highest BCUT2D eigenvalue weighted by Crippen LogP contribution is 2.30. The predicted octanol–water partition coefficient (Wildman–Crippen LogP) is 2.32. The van der Waals surface area contributed by atoms with E-state index in [4.69, 9.17) is 10.5 Å². The van der Waals surface area contributed by atoms with Gasteiger partial charge in [0.15, 0.2) is 0 Å². The minimum absolute atomic E-state index is 0.155. The third kappa shape index (κ3) is 2.82. The molecule has 4 heteroatoms. The predicted molar refractivity (Wildman–Crippen MR) is 71.2 cm³/mol. The highest BCUT2D eigenvalue weighted by atomic mass is 19.1. The molecule has 0 aromatic heterocycles. The Balaban J connectivity index is 2.18. The molecule has 0 amide bonds. The van der Waals surface area contributed by atoms with Gasteiger partial charge in [-0.25, -0.2) is 4.39 Å². The maximum absolute atomic E-state index is 13.3. The van der Waals surface area contributed by atoms with E-state index < -0.39 is 0 Å². The van der Waals surface area contributed by atoms with Crippen LogP contribution in [0.5, 0.6) is 0 Å². The molecule has 1 unspecified atom stereocenters. The van der Waals surface area contributed by atoms with Crippen molar-refractivity contribution < 1.29 is 9.13 Å². The Bertz CT molecular complexity index is 409. The number of ether oxygens (including phenoxy) is 1. The Kier molecular flexibility index (Phi) is 4.19. The Morgan fingerprint density at radius 3 is 3.00 bits per heavy atom. The standard InChI is InChI=1S/C14H21FN2O/c1-10(16)13-7-12(15)3-4-14(13)17-6-5-11(8-17)9-18-2/h3-4,7,10-11H,5-6,8-9,16H2,1-2H3/t10-,11?/m0/s1. The third-order valence-corrected chi connectivity index (χ3v) is 3.51. The quantitative estimate of drug-likeness (QED) is 0.893. The monoisotopic (exact) mass is 252 g/mol. The van der Waals surface area contributed by atoms with Crippen LogP contribution in [0.1, 0.15) is 24.9 Å². The molecule has 0 saturated carbocycles. The molecule has 2 N–H and O–H groups in total. The van der Waals surface area contributed by atoms with E-state index in [1.807, 2.05) is 13.0 Å². The zero-order valence-corrected chi connectivity index (χ0v) is 11.0. The first-order valence-corrected chi connectivity index (χ1v) is 6.40. The molecule has 100 valence electrons. The van der Waals surface area contributed by atoms with E-state index in [1.165, 1.54) is 6.07 Å². The summed E-state index contributed by atoms with van der Waals surface area (Å²) in [7, 11) is 1.73. The van der Waals surface area contributed by atoms with Crippen LogP contribution in [0, 0.1) is 11.7 Å². The molecule has 1 heterocycles. The van der Waals surface area contributed by atoms with Crippen LogP contribution in [0.4, 0.5) is 10.1 Å².